The van der Waals surface area contributed by atoms with Gasteiger partial charge in [0.05, 0.1) is 17.7 Å². The van der Waals surface area contributed by atoms with Gasteiger partial charge in [-0.1, -0.05) is 25.1 Å². The van der Waals surface area contributed by atoms with Crippen LogP contribution in [-0.2, 0) is 17.6 Å². The number of nitrogens with two attached hydrogens (primary N) is 1. The number of benzene rings is 2. The number of hydrogen-bond acceptors (Lipinski definition) is 3. The third kappa shape index (κ3) is 3.85. The number of rotatable bonds is 5. The lowest BCUT2D eigenvalue weighted by Crippen LogP contribution is -2.17. The molecule has 2 rings (SSSR count). The van der Waals surface area contributed by atoms with Crippen LogP contribution in [0.15, 0.2) is 42.5 Å². The summed E-state index contributed by atoms with van der Waals surface area (Å²) in [7, 11) is 0. The molecule has 2 aromatic rings. The number of nitrogen functional groups attached to an aromatic ring is 1. The molecule has 0 fully saturated rings. The van der Waals surface area contributed by atoms with Gasteiger partial charge in [0, 0.05) is 5.69 Å². The molecule has 0 saturated heterocycles. The van der Waals surface area contributed by atoms with E-state index in [-0.39, 0.29) is 17.9 Å². The van der Waals surface area contributed by atoms with Gasteiger partial charge in [0.2, 0.25) is 5.91 Å². The first-order valence-corrected chi connectivity index (χ1v) is 7.00. The minimum atomic E-state index is -1.06. The van der Waals surface area contributed by atoms with E-state index < -0.39 is 5.97 Å². The van der Waals surface area contributed by atoms with Gasteiger partial charge in [-0.2, -0.15) is 0 Å². The van der Waals surface area contributed by atoms with Gasteiger partial charge < -0.3 is 16.2 Å². The fourth-order valence-electron chi connectivity index (χ4n) is 2.11. The van der Waals surface area contributed by atoms with Gasteiger partial charge in [0.1, 0.15) is 0 Å². The fraction of sp³-hybridized carbons (Fsp3) is 0.176. The van der Waals surface area contributed by atoms with E-state index >= 15 is 0 Å². The summed E-state index contributed by atoms with van der Waals surface area (Å²) in [6.45, 7) is 1.94. The van der Waals surface area contributed by atoms with Gasteiger partial charge in [-0.3, -0.25) is 4.79 Å². The lowest BCUT2D eigenvalue weighted by Gasteiger charge is -2.10. The number of hydrogen-bond donors (Lipinski definition) is 3. The molecule has 0 radical (unpaired) electrons. The van der Waals surface area contributed by atoms with E-state index in [2.05, 4.69) is 5.32 Å². The molecule has 5 nitrogen and oxygen atoms in total. The normalized spacial score (nSPS) is 10.2. The Kier molecular flexibility index (Phi) is 4.78. The summed E-state index contributed by atoms with van der Waals surface area (Å²) in [6.07, 6.45) is 0.898. The Labute approximate surface area is 128 Å². The first-order chi connectivity index (χ1) is 10.5. The molecular weight excluding hydrogens is 280 g/mol. The lowest BCUT2D eigenvalue weighted by atomic mass is 10.1. The molecule has 0 aliphatic rings. The molecule has 0 spiro atoms. The van der Waals surface area contributed by atoms with E-state index in [1.165, 1.54) is 0 Å². The van der Waals surface area contributed by atoms with Gasteiger partial charge in [0.25, 0.3) is 0 Å². The quantitative estimate of drug-likeness (QED) is 0.740. The first-order valence-electron chi connectivity index (χ1n) is 7.00. The average molecular weight is 298 g/mol. The van der Waals surface area contributed by atoms with E-state index in [4.69, 9.17) is 5.73 Å². The second kappa shape index (κ2) is 6.76. The van der Waals surface area contributed by atoms with Crippen molar-refractivity contribution in [3.63, 3.8) is 0 Å². The minimum Gasteiger partial charge on any atom is -0.478 e. The van der Waals surface area contributed by atoms with Crippen molar-refractivity contribution in [2.45, 2.75) is 19.8 Å². The molecule has 0 unspecified atom stereocenters. The van der Waals surface area contributed by atoms with Gasteiger partial charge in [-0.05, 0) is 41.8 Å². The summed E-state index contributed by atoms with van der Waals surface area (Å²) in [4.78, 5) is 23.4. The van der Waals surface area contributed by atoms with Gasteiger partial charge in [0.15, 0.2) is 0 Å². The third-order valence-electron chi connectivity index (χ3n) is 3.34. The maximum atomic E-state index is 12.1. The predicted octanol–water partition coefficient (Wildman–Crippen LogP) is 2.71. The minimum absolute atomic E-state index is 0.102. The number of amides is 1. The summed E-state index contributed by atoms with van der Waals surface area (Å²) in [5, 5.41) is 11.9. The lowest BCUT2D eigenvalue weighted by molar-refractivity contribution is -0.115. The Morgan fingerprint density at radius 1 is 1.09 bits per heavy atom. The molecule has 114 valence electrons. The highest BCUT2D eigenvalue weighted by atomic mass is 16.4. The Balaban J connectivity index is 2.14. The van der Waals surface area contributed by atoms with Crippen molar-refractivity contribution in [3.05, 3.63) is 59.2 Å². The van der Waals surface area contributed by atoms with Crippen molar-refractivity contribution < 1.29 is 14.7 Å². The topological polar surface area (TPSA) is 92.4 Å². The van der Waals surface area contributed by atoms with Crippen molar-refractivity contribution in [2.75, 3.05) is 11.1 Å². The van der Waals surface area contributed by atoms with E-state index in [0.29, 0.717) is 11.4 Å². The number of carboxylic acid groups (broad SMARTS) is 1. The molecule has 2 aromatic carbocycles. The summed E-state index contributed by atoms with van der Waals surface area (Å²) in [6, 6.07) is 12.0. The van der Waals surface area contributed by atoms with Crippen molar-refractivity contribution in [1.82, 2.24) is 0 Å². The molecule has 0 bridgehead atoms. The van der Waals surface area contributed by atoms with Gasteiger partial charge in [-0.25, -0.2) is 4.79 Å². The van der Waals surface area contributed by atoms with Gasteiger partial charge >= 0.3 is 5.97 Å². The molecule has 0 aliphatic carbocycles. The van der Waals surface area contributed by atoms with E-state index in [1.807, 2.05) is 13.0 Å². The van der Waals surface area contributed by atoms with Crippen molar-refractivity contribution in [1.29, 1.82) is 0 Å². The summed E-state index contributed by atoms with van der Waals surface area (Å²) in [5.41, 5.74) is 8.36. The molecule has 0 heterocycles. The molecule has 0 atom stereocenters. The standard InChI is InChI=1S/C17H18N2O3/c1-2-11-5-8-15(14(9-11)17(21)22)19-16(20)10-12-3-6-13(18)7-4-12/h3-9H,2,10,18H2,1H3,(H,19,20)(H,21,22). The zero-order chi connectivity index (χ0) is 16.1. The Hall–Kier alpha value is -2.82. The fourth-order valence-corrected chi connectivity index (χ4v) is 2.11. The molecule has 1 amide bonds. The molecule has 0 saturated carbocycles. The monoisotopic (exact) mass is 298 g/mol. The molecule has 22 heavy (non-hydrogen) atoms. The van der Waals surface area contributed by atoms with Crippen LogP contribution in [0.3, 0.4) is 0 Å². The molecule has 5 heteroatoms. The number of carbonyl (C=O) groups excluding carboxylic acids is 1. The molecule has 4 N–H and O–H groups in total. The molecule has 0 aliphatic heterocycles. The molecule has 0 aromatic heterocycles. The number of carboxylic acids is 1. The first kappa shape index (κ1) is 15.6. The van der Waals surface area contributed by atoms with Crippen LogP contribution in [0, 0.1) is 0 Å². The van der Waals surface area contributed by atoms with Crippen LogP contribution in [0.5, 0.6) is 0 Å². The van der Waals surface area contributed by atoms with Crippen LogP contribution >= 0.6 is 0 Å². The highest BCUT2D eigenvalue weighted by Crippen LogP contribution is 2.19. The van der Waals surface area contributed by atoms with Gasteiger partial charge in [-0.15, -0.1) is 0 Å². The van der Waals surface area contributed by atoms with Crippen LogP contribution in [0.4, 0.5) is 11.4 Å². The van der Waals surface area contributed by atoms with Crippen molar-refractivity contribution in [3.8, 4) is 0 Å². The largest absolute Gasteiger partial charge is 0.478 e. The van der Waals surface area contributed by atoms with Crippen molar-refractivity contribution in [2.24, 2.45) is 0 Å². The summed E-state index contributed by atoms with van der Waals surface area (Å²) < 4.78 is 0. The summed E-state index contributed by atoms with van der Waals surface area (Å²) >= 11 is 0. The Morgan fingerprint density at radius 3 is 2.32 bits per heavy atom. The number of carbonyl (C=O) groups is 2. The number of aryl methyl sites for hydroxylation is 1. The number of aromatic carboxylic acids is 1. The Bertz CT molecular complexity index is 694. The van der Waals surface area contributed by atoms with Crippen LogP contribution in [0.1, 0.15) is 28.4 Å². The maximum absolute atomic E-state index is 12.1. The SMILES string of the molecule is CCc1ccc(NC(=O)Cc2ccc(N)cc2)c(C(=O)O)c1. The number of nitrogens with one attached hydrogen (secondary N) is 1. The number of anilines is 2. The molecular formula is C17H18N2O3. The van der Waals surface area contributed by atoms with E-state index in [0.717, 1.165) is 17.5 Å². The van der Waals surface area contributed by atoms with E-state index in [1.54, 1.807) is 36.4 Å². The van der Waals surface area contributed by atoms with Crippen LogP contribution in [0.25, 0.3) is 0 Å². The second-order valence-corrected chi connectivity index (χ2v) is 5.01. The highest BCUT2D eigenvalue weighted by Gasteiger charge is 2.13. The zero-order valence-corrected chi connectivity index (χ0v) is 12.3. The smallest absolute Gasteiger partial charge is 0.337 e. The van der Waals surface area contributed by atoms with Crippen LogP contribution < -0.4 is 11.1 Å². The summed E-state index contributed by atoms with van der Waals surface area (Å²) in [5.74, 6) is -1.32. The second-order valence-electron chi connectivity index (χ2n) is 5.01. The zero-order valence-electron chi connectivity index (χ0n) is 12.3. The van der Waals surface area contributed by atoms with Crippen molar-refractivity contribution >= 4 is 23.3 Å². The Morgan fingerprint density at radius 2 is 1.73 bits per heavy atom. The predicted molar refractivity (Wildman–Crippen MR) is 86.0 cm³/mol. The highest BCUT2D eigenvalue weighted by molar-refractivity contribution is 6.01. The van der Waals surface area contributed by atoms with Crippen LogP contribution in [-0.4, -0.2) is 17.0 Å². The average Bonchev–Trinajstić information content (AvgIpc) is 2.49. The third-order valence-corrected chi connectivity index (χ3v) is 3.34. The van der Waals surface area contributed by atoms with Crippen LogP contribution in [0.2, 0.25) is 0 Å². The van der Waals surface area contributed by atoms with E-state index in [9.17, 15) is 14.7 Å². The maximum Gasteiger partial charge on any atom is 0.337 e.